The molecule has 20 heavy (non-hydrogen) atoms. The predicted molar refractivity (Wildman–Crippen MR) is 76.3 cm³/mol. The third kappa shape index (κ3) is 3.31. The highest BCUT2D eigenvalue weighted by atomic mass is 32.2. The summed E-state index contributed by atoms with van der Waals surface area (Å²) < 4.78 is 32.8. The van der Waals surface area contributed by atoms with Crippen molar-refractivity contribution >= 4 is 10.0 Å². The third-order valence-corrected chi connectivity index (χ3v) is 5.04. The topological polar surface area (TPSA) is 75.6 Å². The summed E-state index contributed by atoms with van der Waals surface area (Å²) in [6.07, 6.45) is 1.72. The Morgan fingerprint density at radius 1 is 1.40 bits per heavy atom. The van der Waals surface area contributed by atoms with Crippen LogP contribution in [0.4, 0.5) is 0 Å². The first-order chi connectivity index (χ1) is 9.42. The minimum atomic E-state index is -3.63. The molecule has 2 N–H and O–H groups in total. The van der Waals surface area contributed by atoms with Gasteiger partial charge in [0.1, 0.15) is 10.6 Å². The van der Waals surface area contributed by atoms with E-state index in [0.717, 1.165) is 18.4 Å². The summed E-state index contributed by atoms with van der Waals surface area (Å²) in [6, 6.07) is 5.10. The molecule has 2 rings (SSSR count). The van der Waals surface area contributed by atoms with E-state index in [1.165, 1.54) is 0 Å². The van der Waals surface area contributed by atoms with Crippen molar-refractivity contribution in [1.82, 2.24) is 4.72 Å². The van der Waals surface area contributed by atoms with E-state index in [9.17, 15) is 13.5 Å². The van der Waals surface area contributed by atoms with Gasteiger partial charge in [-0.1, -0.05) is 6.07 Å². The van der Waals surface area contributed by atoms with E-state index in [0.29, 0.717) is 12.4 Å². The minimum absolute atomic E-state index is 0.0155. The summed E-state index contributed by atoms with van der Waals surface area (Å²) in [6.45, 7) is 4.35. The largest absolute Gasteiger partial charge is 0.492 e. The van der Waals surface area contributed by atoms with Gasteiger partial charge in [-0.3, -0.25) is 0 Å². The van der Waals surface area contributed by atoms with Gasteiger partial charge in [-0.15, -0.1) is 0 Å². The molecule has 112 valence electrons. The molecule has 0 bridgehead atoms. The van der Waals surface area contributed by atoms with Crippen molar-refractivity contribution in [3.63, 3.8) is 0 Å². The number of aliphatic hydroxyl groups is 1. The molecule has 0 amide bonds. The molecule has 1 saturated carbocycles. The molecule has 0 aliphatic heterocycles. The number of hydrogen-bond donors (Lipinski definition) is 2. The molecule has 0 unspecified atom stereocenters. The second kappa shape index (κ2) is 5.71. The Morgan fingerprint density at radius 3 is 2.65 bits per heavy atom. The van der Waals surface area contributed by atoms with Crippen LogP contribution in [0.3, 0.4) is 0 Å². The van der Waals surface area contributed by atoms with Crippen molar-refractivity contribution in [1.29, 1.82) is 0 Å². The number of sulfonamides is 1. The molecule has 5 nitrogen and oxygen atoms in total. The fourth-order valence-corrected chi connectivity index (χ4v) is 3.38. The lowest BCUT2D eigenvalue weighted by Crippen LogP contribution is -2.32. The van der Waals surface area contributed by atoms with E-state index in [-0.39, 0.29) is 23.5 Å². The normalized spacial score (nSPS) is 16.9. The number of nitrogens with one attached hydrogen (secondary N) is 1. The van der Waals surface area contributed by atoms with Crippen LogP contribution in [0.15, 0.2) is 23.1 Å². The number of aryl methyl sites for hydroxylation is 1. The van der Waals surface area contributed by atoms with Gasteiger partial charge in [-0.2, -0.15) is 0 Å². The highest BCUT2D eigenvalue weighted by Gasteiger charge is 2.42. The van der Waals surface area contributed by atoms with Crippen molar-refractivity contribution in [2.24, 2.45) is 5.41 Å². The average molecular weight is 299 g/mol. The first-order valence-electron chi connectivity index (χ1n) is 6.76. The zero-order valence-corrected chi connectivity index (χ0v) is 12.7. The molecule has 0 spiro atoms. The van der Waals surface area contributed by atoms with Crippen LogP contribution in [0.25, 0.3) is 0 Å². The van der Waals surface area contributed by atoms with Gasteiger partial charge in [0.15, 0.2) is 0 Å². The van der Waals surface area contributed by atoms with E-state index in [1.807, 2.05) is 19.9 Å². The van der Waals surface area contributed by atoms with Crippen molar-refractivity contribution in [2.45, 2.75) is 31.6 Å². The van der Waals surface area contributed by atoms with Crippen molar-refractivity contribution in [2.75, 3.05) is 19.8 Å². The maximum Gasteiger partial charge on any atom is 0.244 e. The Labute approximate surface area is 120 Å². The first-order valence-corrected chi connectivity index (χ1v) is 8.25. The number of hydrogen-bond acceptors (Lipinski definition) is 4. The van der Waals surface area contributed by atoms with Crippen LogP contribution in [0, 0.1) is 12.3 Å². The molecule has 1 aliphatic carbocycles. The number of benzene rings is 1. The standard InChI is InChI=1S/C14H21NO4S/c1-3-19-12-5-4-11(2)8-13(12)20(17,18)15-9-14(10-16)6-7-14/h4-5,8,15-16H,3,6-7,9-10H2,1-2H3. The molecule has 1 aromatic rings. The second-order valence-corrected chi connectivity index (χ2v) is 7.10. The van der Waals surface area contributed by atoms with Crippen LogP contribution in [0.1, 0.15) is 25.3 Å². The number of ether oxygens (including phenoxy) is 1. The smallest absolute Gasteiger partial charge is 0.244 e. The molecule has 0 atom stereocenters. The number of aliphatic hydroxyl groups excluding tert-OH is 1. The average Bonchev–Trinajstić information content (AvgIpc) is 3.20. The maximum atomic E-state index is 12.4. The van der Waals surface area contributed by atoms with Crippen LogP contribution in [0.5, 0.6) is 5.75 Å². The molecule has 6 heteroatoms. The molecule has 1 fully saturated rings. The summed E-state index contributed by atoms with van der Waals surface area (Å²) >= 11 is 0. The quantitative estimate of drug-likeness (QED) is 0.799. The van der Waals surface area contributed by atoms with Crippen LogP contribution in [-0.4, -0.2) is 33.3 Å². The van der Waals surface area contributed by atoms with Crippen molar-refractivity contribution < 1.29 is 18.3 Å². The van der Waals surface area contributed by atoms with Crippen molar-refractivity contribution in [3.8, 4) is 5.75 Å². The Hall–Kier alpha value is -1.11. The Kier molecular flexibility index (Phi) is 4.36. The van der Waals surface area contributed by atoms with Gasteiger partial charge in [0.05, 0.1) is 6.61 Å². The summed E-state index contributed by atoms with van der Waals surface area (Å²) in [5.41, 5.74) is 0.597. The second-order valence-electron chi connectivity index (χ2n) is 5.37. The third-order valence-electron chi connectivity index (χ3n) is 3.62. The van der Waals surface area contributed by atoms with Crippen LogP contribution < -0.4 is 9.46 Å². The fraction of sp³-hybridized carbons (Fsp3) is 0.571. The zero-order valence-electron chi connectivity index (χ0n) is 11.8. The molecule has 1 aliphatic rings. The predicted octanol–water partition coefficient (Wildman–Crippen LogP) is 1.44. The van der Waals surface area contributed by atoms with Crippen LogP contribution >= 0.6 is 0 Å². The van der Waals surface area contributed by atoms with Crippen LogP contribution in [0.2, 0.25) is 0 Å². The summed E-state index contributed by atoms with van der Waals surface area (Å²) in [5.74, 6) is 0.361. The SMILES string of the molecule is CCOc1ccc(C)cc1S(=O)(=O)NCC1(CO)CC1. The van der Waals surface area contributed by atoms with E-state index in [2.05, 4.69) is 4.72 Å². The van der Waals surface area contributed by atoms with Gasteiger partial charge < -0.3 is 9.84 Å². The molecule has 1 aromatic carbocycles. The van der Waals surface area contributed by atoms with Gasteiger partial charge in [0.25, 0.3) is 0 Å². The van der Waals surface area contributed by atoms with E-state index in [1.54, 1.807) is 12.1 Å². The molecule has 0 heterocycles. The van der Waals surface area contributed by atoms with Crippen molar-refractivity contribution in [3.05, 3.63) is 23.8 Å². The lowest BCUT2D eigenvalue weighted by molar-refractivity contribution is 0.213. The lowest BCUT2D eigenvalue weighted by atomic mass is 10.1. The highest BCUT2D eigenvalue weighted by molar-refractivity contribution is 7.89. The highest BCUT2D eigenvalue weighted by Crippen LogP contribution is 2.44. The Morgan fingerprint density at radius 2 is 2.10 bits per heavy atom. The molecular weight excluding hydrogens is 278 g/mol. The fourth-order valence-electron chi connectivity index (χ4n) is 1.99. The summed E-state index contributed by atoms with van der Waals surface area (Å²) in [5, 5.41) is 9.25. The maximum absolute atomic E-state index is 12.4. The molecule has 0 radical (unpaired) electrons. The monoisotopic (exact) mass is 299 g/mol. The van der Waals surface area contributed by atoms with Gasteiger partial charge in [0.2, 0.25) is 10.0 Å². The lowest BCUT2D eigenvalue weighted by Gasteiger charge is -2.15. The van der Waals surface area contributed by atoms with Gasteiger partial charge in [-0.05, 0) is 44.4 Å². The van der Waals surface area contributed by atoms with Crippen LogP contribution in [-0.2, 0) is 10.0 Å². The molecule has 0 saturated heterocycles. The van der Waals surface area contributed by atoms with E-state index < -0.39 is 10.0 Å². The van der Waals surface area contributed by atoms with Gasteiger partial charge in [-0.25, -0.2) is 13.1 Å². The molecule has 0 aromatic heterocycles. The Balaban J connectivity index is 2.21. The zero-order chi connectivity index (χ0) is 14.8. The number of rotatable bonds is 7. The summed E-state index contributed by atoms with van der Waals surface area (Å²) in [7, 11) is -3.63. The van der Waals surface area contributed by atoms with E-state index in [4.69, 9.17) is 4.74 Å². The van der Waals surface area contributed by atoms with Gasteiger partial charge >= 0.3 is 0 Å². The molecular formula is C14H21NO4S. The van der Waals surface area contributed by atoms with E-state index >= 15 is 0 Å². The Bertz CT molecular complexity index is 579. The first kappa shape index (κ1) is 15.3. The van der Waals surface area contributed by atoms with Gasteiger partial charge in [0, 0.05) is 18.6 Å². The summed E-state index contributed by atoms with van der Waals surface area (Å²) in [4.78, 5) is 0.160. The minimum Gasteiger partial charge on any atom is -0.492 e.